The second kappa shape index (κ2) is 5.68. The van der Waals surface area contributed by atoms with Crippen molar-refractivity contribution in [2.45, 2.75) is 25.1 Å². The molecule has 106 valence electrons. The highest BCUT2D eigenvalue weighted by atomic mass is 19.2. The summed E-state index contributed by atoms with van der Waals surface area (Å²) in [6, 6.07) is 3.96. The van der Waals surface area contributed by atoms with Crippen LogP contribution < -0.4 is 5.32 Å². The topological polar surface area (TPSA) is 49.9 Å². The van der Waals surface area contributed by atoms with Gasteiger partial charge >= 0.3 is 0 Å². The van der Waals surface area contributed by atoms with Gasteiger partial charge in [0.15, 0.2) is 11.6 Å². The second-order valence-corrected chi connectivity index (χ2v) is 4.78. The van der Waals surface area contributed by atoms with Gasteiger partial charge in [-0.15, -0.1) is 0 Å². The van der Waals surface area contributed by atoms with E-state index in [0.717, 1.165) is 18.3 Å². The molecule has 0 saturated carbocycles. The number of halogens is 2. The van der Waals surface area contributed by atoms with E-state index in [2.05, 4.69) is 15.3 Å². The van der Waals surface area contributed by atoms with Gasteiger partial charge in [-0.25, -0.2) is 13.8 Å². The number of ether oxygens (including phenoxy) is 1. The standard InChI is InChI=1S/C14H15F2N3O/c15-10-2-1-9(7-11(10)16)14-12(3-6-20-14)19-8-13-17-4-5-18-13/h1-2,4-5,7,12,14,19H,3,6,8H2,(H,17,18)/t12-,14+/m1/s1. The Morgan fingerprint density at radius 2 is 2.25 bits per heavy atom. The molecule has 1 aromatic heterocycles. The molecule has 2 N–H and O–H groups in total. The fourth-order valence-corrected chi connectivity index (χ4v) is 2.44. The average Bonchev–Trinajstić information content (AvgIpc) is 3.10. The molecule has 4 nitrogen and oxygen atoms in total. The van der Waals surface area contributed by atoms with Gasteiger partial charge in [0, 0.05) is 25.0 Å². The van der Waals surface area contributed by atoms with Gasteiger partial charge in [-0.3, -0.25) is 0 Å². The molecule has 6 heteroatoms. The van der Waals surface area contributed by atoms with Crippen LogP contribution in [-0.2, 0) is 11.3 Å². The number of nitrogens with zero attached hydrogens (tertiary/aromatic N) is 1. The van der Waals surface area contributed by atoms with Crippen LogP contribution in [0.5, 0.6) is 0 Å². The zero-order valence-electron chi connectivity index (χ0n) is 10.8. The number of hydrogen-bond donors (Lipinski definition) is 2. The lowest BCUT2D eigenvalue weighted by atomic mass is 10.0. The van der Waals surface area contributed by atoms with Crippen LogP contribution in [0.25, 0.3) is 0 Å². The van der Waals surface area contributed by atoms with E-state index in [1.54, 1.807) is 18.5 Å². The third-order valence-corrected chi connectivity index (χ3v) is 3.45. The minimum Gasteiger partial charge on any atom is -0.372 e. The minimum atomic E-state index is -0.845. The van der Waals surface area contributed by atoms with E-state index in [0.29, 0.717) is 18.7 Å². The highest BCUT2D eigenvalue weighted by molar-refractivity contribution is 5.22. The van der Waals surface area contributed by atoms with Crippen LogP contribution in [0.1, 0.15) is 23.9 Å². The molecule has 0 spiro atoms. The Kier molecular flexibility index (Phi) is 3.75. The van der Waals surface area contributed by atoms with Crippen LogP contribution in [0.4, 0.5) is 8.78 Å². The lowest BCUT2D eigenvalue weighted by Crippen LogP contribution is -2.31. The van der Waals surface area contributed by atoms with Crippen molar-refractivity contribution >= 4 is 0 Å². The summed E-state index contributed by atoms with van der Waals surface area (Å²) < 4.78 is 31.9. The molecule has 0 unspecified atom stereocenters. The Bertz CT molecular complexity index is 574. The molecule has 0 amide bonds. The molecule has 2 heterocycles. The molecule has 0 bridgehead atoms. The molecule has 0 radical (unpaired) electrons. The SMILES string of the molecule is Fc1ccc([C@@H]2OCC[C@H]2NCc2ncc[nH]2)cc1F. The molecule has 1 saturated heterocycles. The normalized spacial score (nSPS) is 22.3. The van der Waals surface area contributed by atoms with Crippen molar-refractivity contribution in [3.8, 4) is 0 Å². The Morgan fingerprint density at radius 3 is 3.00 bits per heavy atom. The van der Waals surface area contributed by atoms with Crippen LogP contribution in [0.15, 0.2) is 30.6 Å². The van der Waals surface area contributed by atoms with Gasteiger partial charge in [-0.1, -0.05) is 6.07 Å². The minimum absolute atomic E-state index is 0.0601. The predicted molar refractivity (Wildman–Crippen MR) is 68.9 cm³/mol. The Hall–Kier alpha value is -1.79. The average molecular weight is 279 g/mol. The number of nitrogens with one attached hydrogen (secondary N) is 2. The van der Waals surface area contributed by atoms with Crippen LogP contribution in [0.2, 0.25) is 0 Å². The van der Waals surface area contributed by atoms with Crippen molar-refractivity contribution in [1.82, 2.24) is 15.3 Å². The van der Waals surface area contributed by atoms with Gasteiger partial charge in [0.25, 0.3) is 0 Å². The molecule has 1 aliphatic heterocycles. The molecular formula is C14H15F2N3O. The summed E-state index contributed by atoms with van der Waals surface area (Å²) in [7, 11) is 0. The summed E-state index contributed by atoms with van der Waals surface area (Å²) in [5.41, 5.74) is 0.651. The van der Waals surface area contributed by atoms with E-state index in [1.807, 2.05) is 0 Å². The van der Waals surface area contributed by atoms with Crippen LogP contribution in [0.3, 0.4) is 0 Å². The highest BCUT2D eigenvalue weighted by Crippen LogP contribution is 2.30. The number of benzene rings is 1. The zero-order chi connectivity index (χ0) is 13.9. The van der Waals surface area contributed by atoms with Crippen LogP contribution in [-0.4, -0.2) is 22.6 Å². The molecule has 1 aromatic carbocycles. The monoisotopic (exact) mass is 279 g/mol. The molecule has 1 fully saturated rings. The summed E-state index contributed by atoms with van der Waals surface area (Å²) in [5, 5.41) is 3.33. The van der Waals surface area contributed by atoms with Gasteiger partial charge < -0.3 is 15.0 Å². The zero-order valence-corrected chi connectivity index (χ0v) is 10.8. The van der Waals surface area contributed by atoms with Gasteiger partial charge in [-0.05, 0) is 24.1 Å². The summed E-state index contributed by atoms with van der Waals surface area (Å²) >= 11 is 0. The van der Waals surface area contributed by atoms with Gasteiger partial charge in [0.1, 0.15) is 5.82 Å². The molecule has 2 atom stereocenters. The number of H-pyrrole nitrogens is 1. The summed E-state index contributed by atoms with van der Waals surface area (Å²) in [6.45, 7) is 1.18. The fourth-order valence-electron chi connectivity index (χ4n) is 2.44. The fraction of sp³-hybridized carbons (Fsp3) is 0.357. The van der Waals surface area contributed by atoms with Gasteiger partial charge in [-0.2, -0.15) is 0 Å². The quantitative estimate of drug-likeness (QED) is 0.903. The van der Waals surface area contributed by atoms with Crippen molar-refractivity contribution in [2.75, 3.05) is 6.61 Å². The summed E-state index contributed by atoms with van der Waals surface area (Å²) in [6.07, 6.45) is 4.01. The highest BCUT2D eigenvalue weighted by Gasteiger charge is 2.29. The number of aromatic nitrogens is 2. The first kappa shape index (κ1) is 13.2. The molecule has 2 aromatic rings. The molecule has 1 aliphatic rings. The first-order valence-corrected chi connectivity index (χ1v) is 6.52. The van der Waals surface area contributed by atoms with Crippen molar-refractivity contribution in [3.63, 3.8) is 0 Å². The van der Waals surface area contributed by atoms with E-state index in [4.69, 9.17) is 4.74 Å². The Labute approximate surface area is 115 Å². The van der Waals surface area contributed by atoms with Crippen LogP contribution >= 0.6 is 0 Å². The van der Waals surface area contributed by atoms with Gasteiger partial charge in [0.05, 0.1) is 12.6 Å². The maximum absolute atomic E-state index is 13.3. The van der Waals surface area contributed by atoms with E-state index < -0.39 is 11.6 Å². The van der Waals surface area contributed by atoms with E-state index in [-0.39, 0.29) is 12.1 Å². The maximum atomic E-state index is 13.3. The lowest BCUT2D eigenvalue weighted by molar-refractivity contribution is 0.0980. The van der Waals surface area contributed by atoms with Crippen molar-refractivity contribution in [1.29, 1.82) is 0 Å². The van der Waals surface area contributed by atoms with E-state index >= 15 is 0 Å². The van der Waals surface area contributed by atoms with Crippen molar-refractivity contribution < 1.29 is 13.5 Å². The van der Waals surface area contributed by atoms with E-state index in [9.17, 15) is 8.78 Å². The van der Waals surface area contributed by atoms with Crippen molar-refractivity contribution in [3.05, 3.63) is 53.6 Å². The number of imidazole rings is 1. The maximum Gasteiger partial charge on any atom is 0.159 e. The van der Waals surface area contributed by atoms with Crippen molar-refractivity contribution in [2.24, 2.45) is 0 Å². The Balaban J connectivity index is 1.69. The summed E-state index contributed by atoms with van der Waals surface area (Å²) in [4.78, 5) is 7.14. The van der Waals surface area contributed by atoms with Gasteiger partial charge in [0.2, 0.25) is 0 Å². The third kappa shape index (κ3) is 2.71. The van der Waals surface area contributed by atoms with E-state index in [1.165, 1.54) is 6.07 Å². The molecular weight excluding hydrogens is 264 g/mol. The third-order valence-electron chi connectivity index (χ3n) is 3.45. The lowest BCUT2D eigenvalue weighted by Gasteiger charge is -2.20. The van der Waals surface area contributed by atoms with Crippen LogP contribution in [0, 0.1) is 11.6 Å². The molecule has 20 heavy (non-hydrogen) atoms. The smallest absolute Gasteiger partial charge is 0.159 e. The first-order valence-electron chi connectivity index (χ1n) is 6.52. The second-order valence-electron chi connectivity index (χ2n) is 4.78. The number of rotatable bonds is 4. The Morgan fingerprint density at radius 1 is 1.35 bits per heavy atom. The molecule has 0 aliphatic carbocycles. The first-order chi connectivity index (χ1) is 9.74. The number of aromatic amines is 1. The summed E-state index contributed by atoms with van der Waals surface area (Å²) in [5.74, 6) is -0.851. The largest absolute Gasteiger partial charge is 0.372 e. The predicted octanol–water partition coefficient (Wildman–Crippen LogP) is 2.31. The molecule has 3 rings (SSSR count). The number of hydrogen-bond acceptors (Lipinski definition) is 3.